The van der Waals surface area contributed by atoms with Gasteiger partial charge in [-0.2, -0.15) is 0 Å². The summed E-state index contributed by atoms with van der Waals surface area (Å²) in [5.41, 5.74) is 13.3. The van der Waals surface area contributed by atoms with Crippen molar-refractivity contribution in [3.05, 3.63) is 94.5 Å². The maximum atomic E-state index is 13.3. The molecule has 138 valence electrons. The first-order chi connectivity index (χ1) is 13.6. The molecule has 3 aromatic rings. The zero-order valence-corrected chi connectivity index (χ0v) is 15.4. The average molecular weight is 368 g/mol. The van der Waals surface area contributed by atoms with Crippen molar-refractivity contribution in [1.82, 2.24) is 4.90 Å². The first-order valence-electron chi connectivity index (χ1n) is 9.50. The van der Waals surface area contributed by atoms with Gasteiger partial charge >= 0.3 is 0 Å². The second-order valence-corrected chi connectivity index (χ2v) is 7.53. The van der Waals surface area contributed by atoms with Crippen LogP contribution in [-0.4, -0.2) is 22.8 Å². The Hall–Kier alpha value is -3.40. The molecule has 5 rings (SSSR count). The Morgan fingerprint density at radius 1 is 0.821 bits per heavy atom. The highest BCUT2D eigenvalue weighted by atomic mass is 16.2. The van der Waals surface area contributed by atoms with Crippen molar-refractivity contribution < 1.29 is 9.59 Å². The first kappa shape index (κ1) is 16.8. The van der Waals surface area contributed by atoms with Gasteiger partial charge in [0.2, 0.25) is 5.91 Å². The van der Waals surface area contributed by atoms with Crippen LogP contribution in [0, 0.1) is 0 Å². The summed E-state index contributed by atoms with van der Waals surface area (Å²) < 4.78 is 0. The van der Waals surface area contributed by atoms with E-state index in [0.717, 1.165) is 23.1 Å². The Bertz CT molecular complexity index is 1120. The summed E-state index contributed by atoms with van der Waals surface area (Å²) >= 11 is 0. The Labute approximate surface area is 163 Å². The summed E-state index contributed by atoms with van der Waals surface area (Å²) in [5, 5.41) is 0. The largest absolute Gasteiger partial charge is 0.368 e. The lowest BCUT2D eigenvalue weighted by Crippen LogP contribution is -2.51. The van der Waals surface area contributed by atoms with Crippen LogP contribution in [0.1, 0.15) is 32.6 Å². The average Bonchev–Trinajstić information content (AvgIpc) is 3.10. The van der Waals surface area contributed by atoms with E-state index < -0.39 is 11.9 Å². The minimum Gasteiger partial charge on any atom is -0.368 e. The van der Waals surface area contributed by atoms with Crippen LogP contribution in [0.25, 0.3) is 11.1 Å². The van der Waals surface area contributed by atoms with Gasteiger partial charge in [0.15, 0.2) is 0 Å². The van der Waals surface area contributed by atoms with E-state index in [1.165, 1.54) is 16.7 Å². The van der Waals surface area contributed by atoms with Crippen molar-refractivity contribution in [2.24, 2.45) is 5.73 Å². The molecule has 1 atom stereocenters. The van der Waals surface area contributed by atoms with E-state index in [1.807, 2.05) is 54.6 Å². The summed E-state index contributed by atoms with van der Waals surface area (Å²) in [6.07, 6.45) is 1.29. The fraction of sp³-hybridized carbons (Fsp3) is 0.167. The van der Waals surface area contributed by atoms with Gasteiger partial charge in [-0.05, 0) is 51.9 Å². The second-order valence-electron chi connectivity index (χ2n) is 7.53. The number of fused-ring (bicyclic) bond motifs is 4. The predicted molar refractivity (Wildman–Crippen MR) is 108 cm³/mol. The van der Waals surface area contributed by atoms with Gasteiger partial charge in [-0.1, -0.05) is 54.6 Å². The number of rotatable bonds is 2. The molecule has 1 aliphatic heterocycles. The maximum Gasteiger partial charge on any atom is 0.254 e. The third-order valence-corrected chi connectivity index (χ3v) is 5.88. The van der Waals surface area contributed by atoms with Crippen molar-refractivity contribution >= 4 is 11.8 Å². The molecule has 0 bridgehead atoms. The summed E-state index contributed by atoms with van der Waals surface area (Å²) in [6.45, 7) is 0.403. The predicted octanol–water partition coefficient (Wildman–Crippen LogP) is 3.31. The van der Waals surface area contributed by atoms with Gasteiger partial charge in [0, 0.05) is 18.5 Å². The molecule has 1 heterocycles. The number of carbonyl (C=O) groups excluding carboxylic acids is 2. The molecule has 2 N–H and O–H groups in total. The van der Waals surface area contributed by atoms with Gasteiger partial charge in [-0.15, -0.1) is 0 Å². The molecule has 2 aliphatic rings. The van der Waals surface area contributed by atoms with Crippen LogP contribution in [0.2, 0.25) is 0 Å². The van der Waals surface area contributed by atoms with E-state index in [9.17, 15) is 9.59 Å². The molecule has 28 heavy (non-hydrogen) atoms. The van der Waals surface area contributed by atoms with Gasteiger partial charge in [-0.3, -0.25) is 9.59 Å². The first-order valence-corrected chi connectivity index (χ1v) is 9.50. The molecule has 0 aromatic heterocycles. The molecule has 0 fully saturated rings. The highest BCUT2D eigenvalue weighted by molar-refractivity contribution is 5.98. The smallest absolute Gasteiger partial charge is 0.254 e. The topological polar surface area (TPSA) is 63.4 Å². The van der Waals surface area contributed by atoms with E-state index >= 15 is 0 Å². The van der Waals surface area contributed by atoms with Crippen molar-refractivity contribution in [1.29, 1.82) is 0 Å². The summed E-state index contributed by atoms with van der Waals surface area (Å²) in [7, 11) is 0. The molecule has 1 aliphatic carbocycles. The SMILES string of the molecule is NC(=O)[C@@H]1Cc2ccccc2CN1C(=O)c1ccc2c(c1)Cc1ccccc1-2. The molecule has 0 spiro atoms. The standard InChI is InChI=1S/C24H20N2O2/c25-23(27)22-13-15-5-1-2-7-18(15)14-26(22)24(28)17-9-10-21-19(12-17)11-16-6-3-4-8-20(16)21/h1-10,12,22H,11,13-14H2,(H2,25,27)/t22-/m0/s1. The Kier molecular flexibility index (Phi) is 3.79. The molecular weight excluding hydrogens is 348 g/mol. The van der Waals surface area contributed by atoms with Crippen LogP contribution in [0.4, 0.5) is 0 Å². The summed E-state index contributed by atoms with van der Waals surface area (Å²) in [5.74, 6) is -0.603. The van der Waals surface area contributed by atoms with Crippen molar-refractivity contribution in [3.8, 4) is 11.1 Å². The molecule has 2 amide bonds. The number of carbonyl (C=O) groups is 2. The molecule has 0 saturated carbocycles. The Morgan fingerprint density at radius 2 is 1.50 bits per heavy atom. The van der Waals surface area contributed by atoms with Gasteiger partial charge < -0.3 is 10.6 Å². The minimum atomic E-state index is -0.618. The van der Waals surface area contributed by atoms with Crippen molar-refractivity contribution in [2.45, 2.75) is 25.4 Å². The van der Waals surface area contributed by atoms with Gasteiger partial charge in [0.1, 0.15) is 6.04 Å². The zero-order valence-electron chi connectivity index (χ0n) is 15.4. The summed E-state index contributed by atoms with van der Waals surface area (Å²) in [6, 6.07) is 21.5. The zero-order chi connectivity index (χ0) is 19.3. The quantitative estimate of drug-likeness (QED) is 0.590. The molecule has 4 heteroatoms. The molecule has 0 radical (unpaired) electrons. The number of nitrogens with two attached hydrogens (primary N) is 1. The van der Waals surface area contributed by atoms with E-state index in [2.05, 4.69) is 12.1 Å². The number of hydrogen-bond donors (Lipinski definition) is 1. The monoisotopic (exact) mass is 368 g/mol. The lowest BCUT2D eigenvalue weighted by molar-refractivity contribution is -0.122. The van der Waals surface area contributed by atoms with E-state index in [-0.39, 0.29) is 5.91 Å². The molecular formula is C24H20N2O2. The summed E-state index contributed by atoms with van der Waals surface area (Å²) in [4.78, 5) is 27.0. The van der Waals surface area contributed by atoms with Gasteiger partial charge in [0.25, 0.3) is 5.91 Å². The van der Waals surface area contributed by atoms with Crippen molar-refractivity contribution in [2.75, 3.05) is 0 Å². The van der Waals surface area contributed by atoms with E-state index in [4.69, 9.17) is 5.73 Å². The molecule has 0 unspecified atom stereocenters. The Morgan fingerprint density at radius 3 is 2.29 bits per heavy atom. The number of hydrogen-bond acceptors (Lipinski definition) is 2. The normalized spacial score (nSPS) is 16.9. The highest BCUT2D eigenvalue weighted by Gasteiger charge is 2.34. The maximum absolute atomic E-state index is 13.3. The van der Waals surface area contributed by atoms with Crippen molar-refractivity contribution in [3.63, 3.8) is 0 Å². The van der Waals surface area contributed by atoms with Crippen LogP contribution >= 0.6 is 0 Å². The van der Waals surface area contributed by atoms with E-state index in [1.54, 1.807) is 4.90 Å². The number of nitrogens with zero attached hydrogens (tertiary/aromatic N) is 1. The van der Waals surface area contributed by atoms with Crippen LogP contribution in [0.15, 0.2) is 66.7 Å². The lowest BCUT2D eigenvalue weighted by Gasteiger charge is -2.35. The van der Waals surface area contributed by atoms with E-state index in [0.29, 0.717) is 18.5 Å². The Balaban J connectivity index is 1.49. The van der Waals surface area contributed by atoms with Crippen LogP contribution in [0.3, 0.4) is 0 Å². The van der Waals surface area contributed by atoms with Gasteiger partial charge in [-0.25, -0.2) is 0 Å². The second kappa shape index (κ2) is 6.34. The molecule has 0 saturated heterocycles. The lowest BCUT2D eigenvalue weighted by atomic mass is 9.92. The fourth-order valence-corrected chi connectivity index (χ4v) is 4.43. The molecule has 4 nitrogen and oxygen atoms in total. The number of benzene rings is 3. The van der Waals surface area contributed by atoms with Crippen LogP contribution in [-0.2, 0) is 24.2 Å². The number of primary amides is 1. The number of amides is 2. The van der Waals surface area contributed by atoms with Crippen LogP contribution in [0.5, 0.6) is 0 Å². The fourth-order valence-electron chi connectivity index (χ4n) is 4.43. The van der Waals surface area contributed by atoms with Gasteiger partial charge in [0.05, 0.1) is 0 Å². The third-order valence-electron chi connectivity index (χ3n) is 5.88. The third kappa shape index (κ3) is 2.61. The molecule has 3 aromatic carbocycles. The highest BCUT2D eigenvalue weighted by Crippen LogP contribution is 2.37. The minimum absolute atomic E-state index is 0.142. The van der Waals surface area contributed by atoms with Crippen LogP contribution < -0.4 is 5.73 Å².